The van der Waals surface area contributed by atoms with Gasteiger partial charge in [0.25, 0.3) is 10.0 Å². The van der Waals surface area contributed by atoms with Gasteiger partial charge in [-0.3, -0.25) is 0 Å². The van der Waals surface area contributed by atoms with E-state index in [1.54, 1.807) is 4.72 Å². The first-order chi connectivity index (χ1) is 8.20. The molecule has 2 rings (SSSR count). The van der Waals surface area contributed by atoms with Crippen molar-refractivity contribution in [3.8, 4) is 0 Å². The van der Waals surface area contributed by atoms with Gasteiger partial charge in [0, 0.05) is 6.54 Å². The van der Waals surface area contributed by atoms with E-state index in [2.05, 4.69) is 0 Å². The van der Waals surface area contributed by atoms with Crippen molar-refractivity contribution in [1.82, 2.24) is 4.72 Å². The average Bonchev–Trinajstić information content (AvgIpc) is 2.86. The zero-order valence-electron chi connectivity index (χ0n) is 9.12. The summed E-state index contributed by atoms with van der Waals surface area (Å²) in [6.45, 7) is 0.149. The molecule has 0 spiro atoms. The molecule has 1 aromatic heterocycles. The van der Waals surface area contributed by atoms with E-state index in [-0.39, 0.29) is 23.6 Å². The number of rotatable bonds is 4. The molecule has 0 radical (unpaired) electrons. The Morgan fingerprint density at radius 1 is 1.44 bits per heavy atom. The molecule has 0 bridgehead atoms. The van der Waals surface area contributed by atoms with Gasteiger partial charge in [0.15, 0.2) is 0 Å². The molecule has 0 saturated heterocycles. The Hall–Kier alpha value is -0.640. The minimum absolute atomic E-state index is 0.140. The molecule has 0 aliphatic heterocycles. The van der Waals surface area contributed by atoms with Crippen LogP contribution < -0.4 is 10.5 Å². The molecule has 4 nitrogen and oxygen atoms in total. The van der Waals surface area contributed by atoms with Crippen LogP contribution in [0, 0.1) is 0 Å². The molecule has 102 valence electrons. The Morgan fingerprint density at radius 2 is 2.06 bits per heavy atom. The van der Waals surface area contributed by atoms with Crippen molar-refractivity contribution in [3.63, 3.8) is 0 Å². The van der Waals surface area contributed by atoms with E-state index in [4.69, 9.17) is 5.73 Å². The molecule has 1 saturated carbocycles. The third-order valence-electron chi connectivity index (χ3n) is 2.75. The molecule has 0 aromatic carbocycles. The lowest BCUT2D eigenvalue weighted by Gasteiger charge is -2.19. The van der Waals surface area contributed by atoms with Gasteiger partial charge in [0.2, 0.25) is 0 Å². The van der Waals surface area contributed by atoms with Crippen molar-refractivity contribution in [1.29, 1.82) is 0 Å². The highest BCUT2D eigenvalue weighted by atomic mass is 32.2. The summed E-state index contributed by atoms with van der Waals surface area (Å²) in [4.78, 5) is 0. The quantitative estimate of drug-likeness (QED) is 0.887. The number of hydrogen-bond donors (Lipinski definition) is 2. The van der Waals surface area contributed by atoms with Crippen LogP contribution >= 0.6 is 11.3 Å². The lowest BCUT2D eigenvalue weighted by Crippen LogP contribution is -2.47. The summed E-state index contributed by atoms with van der Waals surface area (Å²) < 4.78 is 63.3. The molecule has 1 aliphatic rings. The fraction of sp³-hybridized carbons (Fsp3) is 0.556. The number of hydrogen-bond acceptors (Lipinski definition) is 4. The second-order valence-electron chi connectivity index (χ2n) is 4.16. The first kappa shape index (κ1) is 13.8. The molecule has 9 heteroatoms. The zero-order valence-corrected chi connectivity index (χ0v) is 10.8. The van der Waals surface area contributed by atoms with Crippen LogP contribution in [0.15, 0.2) is 15.7 Å². The van der Waals surface area contributed by atoms with Crippen molar-refractivity contribution >= 4 is 21.4 Å². The van der Waals surface area contributed by atoms with Crippen LogP contribution in [0.5, 0.6) is 0 Å². The van der Waals surface area contributed by atoms with Gasteiger partial charge in [-0.2, -0.15) is 17.9 Å². The highest BCUT2D eigenvalue weighted by Gasteiger charge is 2.65. The van der Waals surface area contributed by atoms with Gasteiger partial charge in [-0.15, -0.1) is 11.3 Å². The first-order valence-corrected chi connectivity index (χ1v) is 7.45. The molecule has 1 fully saturated rings. The molecule has 0 unspecified atom stereocenters. The molecular weight excluding hydrogens is 289 g/mol. The highest BCUT2D eigenvalue weighted by molar-refractivity contribution is 7.91. The molecule has 0 amide bonds. The van der Waals surface area contributed by atoms with E-state index in [9.17, 15) is 21.6 Å². The van der Waals surface area contributed by atoms with Crippen LogP contribution in [-0.2, 0) is 16.6 Å². The van der Waals surface area contributed by atoms with E-state index in [0.29, 0.717) is 5.56 Å². The molecule has 1 heterocycles. The van der Waals surface area contributed by atoms with E-state index in [0.717, 1.165) is 11.3 Å². The van der Waals surface area contributed by atoms with Crippen LogP contribution in [-0.4, -0.2) is 20.1 Å². The number of nitrogens with one attached hydrogen (secondary N) is 1. The maximum Gasteiger partial charge on any atom is 0.407 e. The van der Waals surface area contributed by atoms with Crippen LogP contribution in [0.25, 0.3) is 0 Å². The van der Waals surface area contributed by atoms with Gasteiger partial charge in [-0.1, -0.05) is 0 Å². The molecule has 3 N–H and O–H groups in total. The summed E-state index contributed by atoms with van der Waals surface area (Å²) in [6.07, 6.45) is -5.00. The van der Waals surface area contributed by atoms with Crippen LogP contribution in [0.1, 0.15) is 18.4 Å². The molecule has 18 heavy (non-hydrogen) atoms. The number of sulfonamides is 1. The van der Waals surface area contributed by atoms with Gasteiger partial charge >= 0.3 is 6.18 Å². The summed E-state index contributed by atoms with van der Waals surface area (Å²) in [5.41, 5.74) is 3.63. The Kier molecular flexibility index (Phi) is 3.21. The summed E-state index contributed by atoms with van der Waals surface area (Å²) in [6, 6.07) is 1.29. The summed E-state index contributed by atoms with van der Waals surface area (Å²) in [7, 11) is -4.13. The standard InChI is InChI=1S/C9H11F3N2O2S2/c10-9(11,12)8(1-2-8)14-18(15,16)7-3-6(4-13)5-17-7/h3,5,14H,1-2,4,13H2. The minimum atomic E-state index is -4.56. The Morgan fingerprint density at radius 3 is 2.44 bits per heavy atom. The van der Waals surface area contributed by atoms with Gasteiger partial charge in [-0.25, -0.2) is 8.42 Å². The van der Waals surface area contributed by atoms with Crippen LogP contribution in [0.2, 0.25) is 0 Å². The smallest absolute Gasteiger partial charge is 0.326 e. The Bertz CT molecular complexity index is 546. The fourth-order valence-corrected chi connectivity index (χ4v) is 4.15. The Balaban J connectivity index is 2.23. The largest absolute Gasteiger partial charge is 0.407 e. The first-order valence-electron chi connectivity index (χ1n) is 5.08. The number of halogens is 3. The van der Waals surface area contributed by atoms with Crippen molar-refractivity contribution in [3.05, 3.63) is 17.0 Å². The van der Waals surface area contributed by atoms with Gasteiger partial charge in [0.1, 0.15) is 9.75 Å². The van der Waals surface area contributed by atoms with Crippen molar-refractivity contribution in [2.75, 3.05) is 0 Å². The third-order valence-corrected chi connectivity index (χ3v) is 5.78. The van der Waals surface area contributed by atoms with Crippen molar-refractivity contribution in [2.45, 2.75) is 35.3 Å². The van der Waals surface area contributed by atoms with E-state index in [1.807, 2.05) is 0 Å². The SMILES string of the molecule is NCc1csc(S(=O)(=O)NC2(C(F)(F)F)CC2)c1. The monoisotopic (exact) mass is 300 g/mol. The predicted octanol–water partition coefficient (Wildman–Crippen LogP) is 1.58. The average molecular weight is 300 g/mol. The van der Waals surface area contributed by atoms with E-state index < -0.39 is 21.7 Å². The zero-order chi connectivity index (χ0) is 13.6. The maximum absolute atomic E-state index is 12.7. The summed E-state index contributed by atoms with van der Waals surface area (Å²) in [5.74, 6) is 0. The van der Waals surface area contributed by atoms with Crippen LogP contribution in [0.4, 0.5) is 13.2 Å². The second kappa shape index (κ2) is 4.19. The maximum atomic E-state index is 12.7. The lowest BCUT2D eigenvalue weighted by molar-refractivity contribution is -0.160. The fourth-order valence-electron chi connectivity index (χ4n) is 1.48. The third kappa shape index (κ3) is 2.40. The number of nitrogens with two attached hydrogens (primary N) is 1. The van der Waals surface area contributed by atoms with Crippen molar-refractivity contribution in [2.24, 2.45) is 5.73 Å². The van der Waals surface area contributed by atoms with Gasteiger partial charge in [-0.05, 0) is 29.9 Å². The topological polar surface area (TPSA) is 72.2 Å². The summed E-state index contributed by atoms with van der Waals surface area (Å²) >= 11 is 0.862. The Labute approximate surface area is 106 Å². The molecule has 1 aromatic rings. The van der Waals surface area contributed by atoms with Crippen LogP contribution in [0.3, 0.4) is 0 Å². The molecular formula is C9H11F3N2O2S2. The van der Waals surface area contributed by atoms with E-state index >= 15 is 0 Å². The highest BCUT2D eigenvalue weighted by Crippen LogP contribution is 2.49. The van der Waals surface area contributed by atoms with Crippen molar-refractivity contribution < 1.29 is 21.6 Å². The number of alkyl halides is 3. The normalized spacial score (nSPS) is 18.9. The number of thiophene rings is 1. The predicted molar refractivity (Wildman–Crippen MR) is 60.6 cm³/mol. The van der Waals surface area contributed by atoms with Gasteiger partial charge in [0.05, 0.1) is 0 Å². The van der Waals surface area contributed by atoms with Gasteiger partial charge < -0.3 is 5.73 Å². The van der Waals surface area contributed by atoms with E-state index in [1.165, 1.54) is 11.4 Å². The second-order valence-corrected chi connectivity index (χ2v) is 6.98. The minimum Gasteiger partial charge on any atom is -0.326 e. The molecule has 0 atom stereocenters. The lowest BCUT2D eigenvalue weighted by atomic mass is 10.3. The summed E-state index contributed by atoms with van der Waals surface area (Å²) in [5, 5.41) is 1.52. The molecule has 1 aliphatic carbocycles.